The van der Waals surface area contributed by atoms with E-state index in [1.165, 1.54) is 36.6 Å². The van der Waals surface area contributed by atoms with Crippen LogP contribution in [0.4, 0.5) is 15.2 Å². The maximum atomic E-state index is 13.6. The van der Waals surface area contributed by atoms with E-state index in [1.54, 1.807) is 25.1 Å². The SMILES string of the molecule is COc1ccc(-c2sc(NC(=O)Cc3ccccc3)nc2C)cc1NS(=O)(=O)c1cccc(F)c1. The highest BCUT2D eigenvalue weighted by Crippen LogP contribution is 2.37. The Morgan fingerprint density at radius 2 is 1.83 bits per heavy atom. The van der Waals surface area contributed by atoms with Gasteiger partial charge in [-0.3, -0.25) is 9.52 Å². The lowest BCUT2D eigenvalue weighted by molar-refractivity contribution is -0.115. The maximum Gasteiger partial charge on any atom is 0.262 e. The van der Waals surface area contributed by atoms with Crippen LogP contribution < -0.4 is 14.8 Å². The Balaban J connectivity index is 1.58. The van der Waals surface area contributed by atoms with Crippen LogP contribution in [-0.2, 0) is 21.2 Å². The van der Waals surface area contributed by atoms with Crippen LogP contribution in [0.5, 0.6) is 5.75 Å². The van der Waals surface area contributed by atoms with Gasteiger partial charge in [0, 0.05) is 0 Å². The number of carbonyl (C=O) groups is 1. The standard InChI is InChI=1S/C25H22FN3O4S2/c1-16-24(34-25(27-16)28-23(30)13-17-7-4-3-5-8-17)18-11-12-22(33-2)21(14-18)29-35(31,32)20-10-6-9-19(26)15-20/h3-12,14-15,29H,13H2,1-2H3,(H,27,28,30). The molecule has 0 aliphatic rings. The molecule has 180 valence electrons. The van der Waals surface area contributed by atoms with E-state index in [2.05, 4.69) is 15.0 Å². The molecule has 0 spiro atoms. The molecule has 0 radical (unpaired) electrons. The van der Waals surface area contributed by atoms with Gasteiger partial charge in [-0.05, 0) is 54.4 Å². The molecule has 0 saturated heterocycles. The topological polar surface area (TPSA) is 97.4 Å². The molecule has 0 unspecified atom stereocenters. The molecule has 3 aromatic carbocycles. The third kappa shape index (κ3) is 5.84. The van der Waals surface area contributed by atoms with Gasteiger partial charge >= 0.3 is 0 Å². The van der Waals surface area contributed by atoms with Gasteiger partial charge in [-0.25, -0.2) is 17.8 Å². The van der Waals surface area contributed by atoms with E-state index in [0.29, 0.717) is 22.1 Å². The van der Waals surface area contributed by atoms with Crippen LogP contribution in [0, 0.1) is 12.7 Å². The van der Waals surface area contributed by atoms with E-state index in [4.69, 9.17) is 4.74 Å². The fourth-order valence-electron chi connectivity index (χ4n) is 3.43. The number of amides is 1. The van der Waals surface area contributed by atoms with E-state index < -0.39 is 15.8 Å². The third-order valence-electron chi connectivity index (χ3n) is 5.06. The number of hydrogen-bond acceptors (Lipinski definition) is 6. The van der Waals surface area contributed by atoms with Gasteiger partial charge in [-0.15, -0.1) is 0 Å². The molecule has 35 heavy (non-hydrogen) atoms. The van der Waals surface area contributed by atoms with Crippen molar-refractivity contribution in [2.75, 3.05) is 17.1 Å². The number of ether oxygens (including phenoxy) is 1. The number of sulfonamides is 1. The number of anilines is 2. The Morgan fingerprint density at radius 3 is 2.54 bits per heavy atom. The number of thiazole rings is 1. The second-order valence-electron chi connectivity index (χ2n) is 7.62. The van der Waals surface area contributed by atoms with Crippen molar-refractivity contribution in [3.05, 3.63) is 89.9 Å². The van der Waals surface area contributed by atoms with E-state index in [-0.39, 0.29) is 22.9 Å². The van der Waals surface area contributed by atoms with Gasteiger partial charge in [0.05, 0.1) is 34.7 Å². The van der Waals surface area contributed by atoms with Crippen molar-refractivity contribution in [1.29, 1.82) is 0 Å². The fraction of sp³-hybridized carbons (Fsp3) is 0.120. The largest absolute Gasteiger partial charge is 0.495 e. The molecule has 0 aliphatic heterocycles. The monoisotopic (exact) mass is 511 g/mol. The zero-order valence-electron chi connectivity index (χ0n) is 18.9. The van der Waals surface area contributed by atoms with Crippen LogP contribution in [0.3, 0.4) is 0 Å². The molecule has 1 amide bonds. The minimum atomic E-state index is -4.06. The molecule has 0 atom stereocenters. The van der Waals surface area contributed by atoms with E-state index in [1.807, 2.05) is 30.3 Å². The predicted octanol–water partition coefficient (Wildman–Crippen LogP) is 5.25. The Hall–Kier alpha value is -3.76. The molecule has 4 rings (SSSR count). The highest BCUT2D eigenvalue weighted by molar-refractivity contribution is 7.92. The van der Waals surface area contributed by atoms with Crippen molar-refractivity contribution >= 4 is 38.1 Å². The summed E-state index contributed by atoms with van der Waals surface area (Å²) in [5, 5.41) is 3.26. The first-order valence-corrected chi connectivity index (χ1v) is 12.8. The normalized spacial score (nSPS) is 11.2. The van der Waals surface area contributed by atoms with Crippen LogP contribution in [0.25, 0.3) is 10.4 Å². The molecule has 10 heteroatoms. The van der Waals surface area contributed by atoms with Gasteiger partial charge in [-0.2, -0.15) is 0 Å². The lowest BCUT2D eigenvalue weighted by Crippen LogP contribution is -2.14. The quantitative estimate of drug-likeness (QED) is 0.337. The zero-order valence-corrected chi connectivity index (χ0v) is 20.5. The number of carbonyl (C=O) groups excluding carboxylic acids is 1. The molecule has 1 heterocycles. The summed E-state index contributed by atoms with van der Waals surface area (Å²) in [5.41, 5.74) is 2.44. The van der Waals surface area contributed by atoms with Crippen LogP contribution in [-0.4, -0.2) is 26.4 Å². The van der Waals surface area contributed by atoms with Crippen molar-refractivity contribution in [3.63, 3.8) is 0 Å². The second-order valence-corrected chi connectivity index (χ2v) is 10.3. The van der Waals surface area contributed by atoms with Gasteiger partial charge < -0.3 is 10.1 Å². The molecule has 0 saturated carbocycles. The summed E-state index contributed by atoms with van der Waals surface area (Å²) in [5.74, 6) is -0.544. The molecular weight excluding hydrogens is 489 g/mol. The number of methoxy groups -OCH3 is 1. The predicted molar refractivity (Wildman–Crippen MR) is 135 cm³/mol. The summed E-state index contributed by atoms with van der Waals surface area (Å²) < 4.78 is 47.0. The smallest absolute Gasteiger partial charge is 0.262 e. The first-order chi connectivity index (χ1) is 16.7. The number of benzene rings is 3. The molecule has 2 N–H and O–H groups in total. The van der Waals surface area contributed by atoms with Gasteiger partial charge in [0.1, 0.15) is 11.6 Å². The summed E-state index contributed by atoms with van der Waals surface area (Å²) in [6, 6.07) is 19.1. The van der Waals surface area contributed by atoms with Gasteiger partial charge in [-0.1, -0.05) is 47.7 Å². The summed E-state index contributed by atoms with van der Waals surface area (Å²) in [6.45, 7) is 1.81. The van der Waals surface area contributed by atoms with Crippen molar-refractivity contribution in [2.24, 2.45) is 0 Å². The van der Waals surface area contributed by atoms with Gasteiger partial charge in [0.15, 0.2) is 5.13 Å². The summed E-state index contributed by atoms with van der Waals surface area (Å²) in [4.78, 5) is 17.4. The average Bonchev–Trinajstić information content (AvgIpc) is 3.19. The number of nitrogens with zero attached hydrogens (tertiary/aromatic N) is 1. The molecule has 0 aliphatic carbocycles. The summed E-state index contributed by atoms with van der Waals surface area (Å²) in [7, 11) is -2.63. The third-order valence-corrected chi connectivity index (χ3v) is 7.55. The van der Waals surface area contributed by atoms with Crippen molar-refractivity contribution < 1.29 is 22.3 Å². The first-order valence-electron chi connectivity index (χ1n) is 10.5. The number of aryl methyl sites for hydroxylation is 1. The molecular formula is C25H22FN3O4S2. The van der Waals surface area contributed by atoms with Crippen LogP contribution in [0.2, 0.25) is 0 Å². The Morgan fingerprint density at radius 1 is 1.06 bits per heavy atom. The maximum absolute atomic E-state index is 13.6. The lowest BCUT2D eigenvalue weighted by Gasteiger charge is -2.13. The number of nitrogens with one attached hydrogen (secondary N) is 2. The Labute approximate surface area is 206 Å². The number of halogens is 1. The number of aromatic nitrogens is 1. The first kappa shape index (κ1) is 24.4. The Bertz CT molecular complexity index is 1470. The van der Waals surface area contributed by atoms with Crippen LogP contribution in [0.15, 0.2) is 77.7 Å². The fourth-order valence-corrected chi connectivity index (χ4v) is 5.50. The minimum Gasteiger partial charge on any atom is -0.495 e. The van der Waals surface area contributed by atoms with E-state index in [9.17, 15) is 17.6 Å². The molecule has 1 aromatic heterocycles. The van der Waals surface area contributed by atoms with Crippen LogP contribution >= 0.6 is 11.3 Å². The van der Waals surface area contributed by atoms with E-state index >= 15 is 0 Å². The minimum absolute atomic E-state index is 0.185. The van der Waals surface area contributed by atoms with Gasteiger partial charge in [0.25, 0.3) is 10.0 Å². The summed E-state index contributed by atoms with van der Waals surface area (Å²) in [6.07, 6.45) is 0.226. The Kier molecular flexibility index (Phi) is 7.13. The second kappa shape index (κ2) is 10.2. The molecule has 7 nitrogen and oxygen atoms in total. The van der Waals surface area contributed by atoms with Crippen molar-refractivity contribution in [2.45, 2.75) is 18.2 Å². The van der Waals surface area contributed by atoms with Crippen LogP contribution in [0.1, 0.15) is 11.3 Å². The molecule has 0 fully saturated rings. The average molecular weight is 512 g/mol. The zero-order chi connectivity index (χ0) is 25.0. The van der Waals surface area contributed by atoms with Crippen molar-refractivity contribution in [3.8, 4) is 16.2 Å². The van der Waals surface area contributed by atoms with E-state index in [0.717, 1.165) is 16.5 Å². The summed E-state index contributed by atoms with van der Waals surface area (Å²) >= 11 is 1.28. The molecule has 0 bridgehead atoms. The molecule has 4 aromatic rings. The number of rotatable bonds is 8. The highest BCUT2D eigenvalue weighted by Gasteiger charge is 2.19. The lowest BCUT2D eigenvalue weighted by atomic mass is 10.1. The van der Waals surface area contributed by atoms with Gasteiger partial charge in [0.2, 0.25) is 5.91 Å². The van der Waals surface area contributed by atoms with Crippen molar-refractivity contribution in [1.82, 2.24) is 4.98 Å². The number of hydrogen-bond donors (Lipinski definition) is 2. The highest BCUT2D eigenvalue weighted by atomic mass is 32.2.